The predicted octanol–water partition coefficient (Wildman–Crippen LogP) is 4.41. The average molecular weight is 700 g/mol. The molecule has 0 bridgehead atoms. The molecule has 2 atom stereocenters. The zero-order valence-corrected chi connectivity index (χ0v) is 26.8. The van der Waals surface area contributed by atoms with Crippen molar-refractivity contribution in [1.82, 2.24) is 35.6 Å². The number of pyridine rings is 2. The van der Waals surface area contributed by atoms with Gasteiger partial charge in [-0.2, -0.15) is 0 Å². The number of carbonyl (C=O) groups is 4. The molecule has 0 unspecified atom stereocenters. The van der Waals surface area contributed by atoms with Gasteiger partial charge in [0.2, 0.25) is 5.91 Å². The SMILES string of the molecule is O=C(CNC(=O)OCc1ccnc(C(=O)N[C@H]2CCC[C@@H](Nc3nc(-c4c[nH]c5ncc(F)cc45)ncc3F)C2)c1)Nc1ccccc1C(=O)O. The number of benzene rings is 1. The number of rotatable bonds is 11. The summed E-state index contributed by atoms with van der Waals surface area (Å²) >= 11 is 0. The molecule has 1 fully saturated rings. The number of aromatic carboxylic acids is 1. The van der Waals surface area contributed by atoms with Crippen molar-refractivity contribution in [3.63, 3.8) is 0 Å². The van der Waals surface area contributed by atoms with Crippen molar-refractivity contribution in [2.24, 2.45) is 0 Å². The quantitative estimate of drug-likeness (QED) is 0.114. The Morgan fingerprint density at radius 3 is 2.67 bits per heavy atom. The van der Waals surface area contributed by atoms with Crippen LogP contribution in [0, 0.1) is 11.6 Å². The zero-order chi connectivity index (χ0) is 35.9. The number of para-hydroxylation sites is 1. The molecule has 1 saturated carbocycles. The van der Waals surface area contributed by atoms with Gasteiger partial charge in [0.1, 0.15) is 30.3 Å². The number of ether oxygens (including phenoxy) is 1. The van der Waals surface area contributed by atoms with E-state index in [4.69, 9.17) is 4.74 Å². The highest BCUT2D eigenvalue weighted by atomic mass is 19.1. The van der Waals surface area contributed by atoms with Gasteiger partial charge in [-0.05, 0) is 61.6 Å². The van der Waals surface area contributed by atoms with Crippen molar-refractivity contribution in [2.75, 3.05) is 17.2 Å². The lowest BCUT2D eigenvalue weighted by Gasteiger charge is -2.30. The number of carboxylic acid groups (broad SMARTS) is 1. The molecule has 51 heavy (non-hydrogen) atoms. The van der Waals surface area contributed by atoms with E-state index in [2.05, 4.69) is 46.2 Å². The molecule has 0 spiro atoms. The lowest BCUT2D eigenvalue weighted by Crippen LogP contribution is -2.42. The first-order valence-corrected chi connectivity index (χ1v) is 15.8. The number of aromatic nitrogens is 5. The normalized spacial score (nSPS) is 15.5. The molecule has 1 aromatic carbocycles. The van der Waals surface area contributed by atoms with Gasteiger partial charge < -0.3 is 36.1 Å². The maximum atomic E-state index is 14.8. The molecule has 0 saturated heterocycles. The van der Waals surface area contributed by atoms with E-state index < -0.39 is 42.1 Å². The smallest absolute Gasteiger partial charge is 0.407 e. The Balaban J connectivity index is 0.993. The first kappa shape index (κ1) is 34.3. The van der Waals surface area contributed by atoms with Crippen molar-refractivity contribution in [1.29, 1.82) is 0 Å². The minimum atomic E-state index is -1.21. The van der Waals surface area contributed by atoms with Gasteiger partial charge >= 0.3 is 12.1 Å². The number of amides is 3. The summed E-state index contributed by atoms with van der Waals surface area (Å²) in [7, 11) is 0. The molecule has 0 radical (unpaired) electrons. The number of nitrogens with one attached hydrogen (secondary N) is 5. The Kier molecular flexibility index (Phi) is 10.3. The Hall–Kier alpha value is -6.52. The first-order valence-electron chi connectivity index (χ1n) is 15.8. The van der Waals surface area contributed by atoms with E-state index >= 15 is 0 Å². The summed E-state index contributed by atoms with van der Waals surface area (Å²) in [5.41, 5.74) is 1.47. The highest BCUT2D eigenvalue weighted by Crippen LogP contribution is 2.28. The monoisotopic (exact) mass is 699 g/mol. The minimum Gasteiger partial charge on any atom is -0.478 e. The van der Waals surface area contributed by atoms with Crippen molar-refractivity contribution in [2.45, 2.75) is 44.4 Å². The van der Waals surface area contributed by atoms with Gasteiger partial charge in [-0.1, -0.05) is 12.1 Å². The molecule has 1 aliphatic rings. The van der Waals surface area contributed by atoms with Crippen LogP contribution < -0.4 is 21.3 Å². The third-order valence-electron chi connectivity index (χ3n) is 8.08. The number of hydrogen-bond donors (Lipinski definition) is 6. The van der Waals surface area contributed by atoms with Crippen LogP contribution >= 0.6 is 0 Å². The van der Waals surface area contributed by atoms with E-state index in [0.717, 1.165) is 18.8 Å². The lowest BCUT2D eigenvalue weighted by molar-refractivity contribution is -0.115. The molecule has 262 valence electrons. The number of halogens is 2. The molecule has 6 N–H and O–H groups in total. The average Bonchev–Trinajstić information content (AvgIpc) is 3.54. The molecule has 4 aromatic heterocycles. The number of aromatic amines is 1. The van der Waals surface area contributed by atoms with Gasteiger partial charge in [0.25, 0.3) is 5.91 Å². The second kappa shape index (κ2) is 15.4. The van der Waals surface area contributed by atoms with Crippen molar-refractivity contribution >= 4 is 46.4 Å². The van der Waals surface area contributed by atoms with Gasteiger partial charge in [0, 0.05) is 35.4 Å². The molecule has 15 nitrogen and oxygen atoms in total. The summed E-state index contributed by atoms with van der Waals surface area (Å²) in [6.45, 7) is -0.688. The summed E-state index contributed by atoms with van der Waals surface area (Å²) in [6, 6.07) is 9.71. The van der Waals surface area contributed by atoms with Crippen LogP contribution in [-0.4, -0.2) is 72.5 Å². The van der Waals surface area contributed by atoms with E-state index in [9.17, 15) is 33.1 Å². The topological polar surface area (TPSA) is 213 Å². The molecule has 4 heterocycles. The van der Waals surface area contributed by atoms with Crippen molar-refractivity contribution in [3.05, 3.63) is 95.7 Å². The van der Waals surface area contributed by atoms with Crippen LogP contribution in [0.3, 0.4) is 0 Å². The van der Waals surface area contributed by atoms with Gasteiger partial charge in [0.15, 0.2) is 17.5 Å². The van der Waals surface area contributed by atoms with E-state index in [1.54, 1.807) is 18.3 Å². The first-order chi connectivity index (χ1) is 24.6. The second-order valence-corrected chi connectivity index (χ2v) is 11.7. The molecular formula is C34H31F2N9O6. The van der Waals surface area contributed by atoms with Crippen LogP contribution in [0.2, 0.25) is 0 Å². The van der Waals surface area contributed by atoms with Gasteiger partial charge in [0.05, 0.1) is 23.6 Å². The van der Waals surface area contributed by atoms with Gasteiger partial charge in [-0.3, -0.25) is 14.6 Å². The van der Waals surface area contributed by atoms with Crippen LogP contribution in [-0.2, 0) is 16.1 Å². The number of hydrogen-bond acceptors (Lipinski definition) is 10. The minimum absolute atomic E-state index is 0.0155. The molecule has 0 aliphatic heterocycles. The standard InChI is InChI=1S/C34H31F2N9O6/c35-19-11-23-24(14-39-29(23)38-13-19)30-40-15-25(36)31(45-30)42-20-4-3-5-21(12-20)43-32(47)27-10-18(8-9-37-27)17-51-34(50)41-16-28(46)44-26-7-2-1-6-22(26)33(48)49/h1-2,6-11,13-15,20-21H,3-5,12,16-17H2,(H,38,39)(H,41,50)(H,43,47)(H,44,46)(H,48,49)(H,40,42,45)/t20-,21+/m1/s1. The number of carbonyl (C=O) groups excluding carboxylic acids is 3. The Labute approximate surface area is 288 Å². The molecule has 3 amide bonds. The lowest BCUT2D eigenvalue weighted by atomic mass is 9.91. The Morgan fingerprint density at radius 2 is 1.82 bits per heavy atom. The summed E-state index contributed by atoms with van der Waals surface area (Å²) < 4.78 is 33.8. The highest BCUT2D eigenvalue weighted by Gasteiger charge is 2.26. The van der Waals surface area contributed by atoms with Crippen LogP contribution in [0.1, 0.15) is 52.1 Å². The molecular weight excluding hydrogens is 668 g/mol. The largest absolute Gasteiger partial charge is 0.478 e. The number of H-pyrrole nitrogens is 1. The molecule has 1 aliphatic carbocycles. The maximum absolute atomic E-state index is 14.8. The van der Waals surface area contributed by atoms with E-state index in [1.165, 1.54) is 36.5 Å². The van der Waals surface area contributed by atoms with E-state index in [0.29, 0.717) is 41.4 Å². The van der Waals surface area contributed by atoms with Crippen LogP contribution in [0.5, 0.6) is 0 Å². The van der Waals surface area contributed by atoms with Crippen LogP contribution in [0.15, 0.2) is 67.3 Å². The fraction of sp³-hybridized carbons (Fsp3) is 0.235. The zero-order valence-electron chi connectivity index (χ0n) is 26.8. The molecule has 17 heteroatoms. The highest BCUT2D eigenvalue weighted by molar-refractivity contribution is 6.01. The van der Waals surface area contributed by atoms with Gasteiger partial charge in [-0.15, -0.1) is 0 Å². The van der Waals surface area contributed by atoms with Crippen LogP contribution in [0.4, 0.5) is 25.1 Å². The molecule has 6 rings (SSSR count). The molecule has 5 aromatic rings. The number of anilines is 2. The number of alkyl carbamates (subject to hydrolysis) is 1. The number of nitrogens with zero attached hydrogens (tertiary/aromatic N) is 4. The fourth-order valence-electron chi connectivity index (χ4n) is 5.68. The fourth-order valence-corrected chi connectivity index (χ4v) is 5.68. The van der Waals surface area contributed by atoms with E-state index in [-0.39, 0.29) is 47.3 Å². The Bertz CT molecular complexity index is 2110. The van der Waals surface area contributed by atoms with Crippen molar-refractivity contribution < 1.29 is 37.8 Å². The predicted molar refractivity (Wildman–Crippen MR) is 179 cm³/mol. The third-order valence-corrected chi connectivity index (χ3v) is 8.08. The van der Waals surface area contributed by atoms with E-state index in [1.807, 2.05) is 0 Å². The number of carboxylic acids is 1. The number of fused-ring (bicyclic) bond motifs is 1. The summed E-state index contributed by atoms with van der Waals surface area (Å²) in [5.74, 6) is -3.32. The third kappa shape index (κ3) is 8.56. The Morgan fingerprint density at radius 1 is 1.00 bits per heavy atom. The van der Waals surface area contributed by atoms with Gasteiger partial charge in [-0.25, -0.2) is 33.3 Å². The van der Waals surface area contributed by atoms with Crippen LogP contribution in [0.25, 0.3) is 22.4 Å². The van der Waals surface area contributed by atoms with Crippen molar-refractivity contribution in [3.8, 4) is 11.4 Å². The summed E-state index contributed by atoms with van der Waals surface area (Å²) in [5, 5.41) is 20.5. The second-order valence-electron chi connectivity index (χ2n) is 11.7. The maximum Gasteiger partial charge on any atom is 0.407 e. The summed E-state index contributed by atoms with van der Waals surface area (Å²) in [6.07, 6.45) is 6.83. The summed E-state index contributed by atoms with van der Waals surface area (Å²) in [4.78, 5) is 68.4.